The Labute approximate surface area is 160 Å². The zero-order valence-electron chi connectivity index (χ0n) is 14.8. The molecule has 1 amide bonds. The molecular weight excluding hydrogens is 382 g/mol. The van der Waals surface area contributed by atoms with Crippen LogP contribution in [0.5, 0.6) is 0 Å². The van der Waals surface area contributed by atoms with E-state index in [9.17, 15) is 18.0 Å². The maximum absolute atomic E-state index is 12.5. The van der Waals surface area contributed by atoms with Crippen molar-refractivity contribution in [2.75, 3.05) is 5.32 Å². The predicted molar refractivity (Wildman–Crippen MR) is 103 cm³/mol. The molecule has 0 aliphatic heterocycles. The minimum atomic E-state index is -3.82. The van der Waals surface area contributed by atoms with Crippen LogP contribution in [0.2, 0.25) is 0 Å². The summed E-state index contributed by atoms with van der Waals surface area (Å²) in [5.74, 6) is -0.485. The van der Waals surface area contributed by atoms with Crippen LogP contribution in [0.3, 0.4) is 0 Å². The fourth-order valence-corrected chi connectivity index (χ4v) is 2.97. The molecule has 0 saturated carbocycles. The second-order valence-electron chi connectivity index (χ2n) is 5.98. The normalized spacial score (nSPS) is 12.4. The number of hydrogen-bond donors (Lipinski definition) is 2. The van der Waals surface area contributed by atoms with Crippen molar-refractivity contribution in [3.63, 3.8) is 0 Å². The molecule has 1 unspecified atom stereocenters. The molecule has 2 aromatic heterocycles. The molecule has 1 aromatic carbocycles. The van der Waals surface area contributed by atoms with Crippen LogP contribution in [0.15, 0.2) is 70.6 Å². The summed E-state index contributed by atoms with van der Waals surface area (Å²) in [4.78, 5) is 28.7. The van der Waals surface area contributed by atoms with Gasteiger partial charge in [0.15, 0.2) is 0 Å². The van der Waals surface area contributed by atoms with Crippen LogP contribution in [-0.4, -0.2) is 29.1 Å². The van der Waals surface area contributed by atoms with Crippen molar-refractivity contribution in [1.29, 1.82) is 0 Å². The third-order valence-corrected chi connectivity index (χ3v) is 4.91. The van der Waals surface area contributed by atoms with Crippen LogP contribution in [0.4, 0.5) is 5.69 Å². The van der Waals surface area contributed by atoms with E-state index in [1.54, 1.807) is 30.6 Å². The number of nitrogens with zero attached hydrogens (tertiary/aromatic N) is 3. The summed E-state index contributed by atoms with van der Waals surface area (Å²) in [6, 6.07) is 10.9. The van der Waals surface area contributed by atoms with Crippen LogP contribution < -0.4 is 16.0 Å². The summed E-state index contributed by atoms with van der Waals surface area (Å²) in [6.07, 6.45) is 3.23. The number of aromatic nitrogens is 3. The Morgan fingerprint density at radius 2 is 1.86 bits per heavy atom. The van der Waals surface area contributed by atoms with Gasteiger partial charge in [-0.15, -0.1) is 0 Å². The van der Waals surface area contributed by atoms with Crippen LogP contribution in [-0.2, 0) is 14.8 Å². The first-order chi connectivity index (χ1) is 13.3. The highest BCUT2D eigenvalue weighted by molar-refractivity contribution is 7.89. The highest BCUT2D eigenvalue weighted by Crippen LogP contribution is 2.16. The summed E-state index contributed by atoms with van der Waals surface area (Å²) >= 11 is 0. The lowest BCUT2D eigenvalue weighted by Gasteiger charge is -2.15. The fourth-order valence-electron chi connectivity index (χ4n) is 2.46. The first kappa shape index (κ1) is 19.4. The maximum Gasteiger partial charge on any atom is 0.267 e. The van der Waals surface area contributed by atoms with Gasteiger partial charge in [-0.2, -0.15) is 5.10 Å². The Balaban J connectivity index is 1.82. The summed E-state index contributed by atoms with van der Waals surface area (Å²) < 4.78 is 23.7. The maximum atomic E-state index is 12.5. The quantitative estimate of drug-likeness (QED) is 0.660. The molecule has 1 atom stereocenters. The molecule has 10 heteroatoms. The van der Waals surface area contributed by atoms with Crippen molar-refractivity contribution in [3.05, 3.63) is 71.3 Å². The summed E-state index contributed by atoms with van der Waals surface area (Å²) in [6.45, 7) is 1.54. The van der Waals surface area contributed by atoms with Crippen molar-refractivity contribution in [2.45, 2.75) is 17.9 Å². The van der Waals surface area contributed by atoms with Gasteiger partial charge in [0.2, 0.25) is 15.9 Å². The van der Waals surface area contributed by atoms with Gasteiger partial charge in [-0.3, -0.25) is 14.6 Å². The molecule has 0 radical (unpaired) electrons. The third kappa shape index (κ3) is 4.30. The number of anilines is 1. The number of benzene rings is 1. The van der Waals surface area contributed by atoms with E-state index >= 15 is 0 Å². The number of nitrogens with one attached hydrogen (secondary N) is 1. The third-order valence-electron chi connectivity index (χ3n) is 3.98. The van der Waals surface area contributed by atoms with E-state index in [1.165, 1.54) is 37.3 Å². The number of nitrogens with two attached hydrogens (primary N) is 1. The molecule has 3 rings (SSSR count). The highest BCUT2D eigenvalue weighted by atomic mass is 32.2. The van der Waals surface area contributed by atoms with Gasteiger partial charge in [0.05, 0.1) is 10.6 Å². The summed E-state index contributed by atoms with van der Waals surface area (Å²) in [7, 11) is -3.82. The van der Waals surface area contributed by atoms with Gasteiger partial charge in [0.1, 0.15) is 6.04 Å². The van der Waals surface area contributed by atoms with Gasteiger partial charge in [-0.25, -0.2) is 18.2 Å². The molecule has 0 fully saturated rings. The molecule has 9 nitrogen and oxygen atoms in total. The Morgan fingerprint density at radius 3 is 2.46 bits per heavy atom. The first-order valence-corrected chi connectivity index (χ1v) is 9.74. The Morgan fingerprint density at radius 1 is 1.14 bits per heavy atom. The zero-order valence-corrected chi connectivity index (χ0v) is 15.6. The van der Waals surface area contributed by atoms with Crippen LogP contribution in [0.1, 0.15) is 13.0 Å². The Kier molecular flexibility index (Phi) is 5.34. The second kappa shape index (κ2) is 7.71. The number of carbonyl (C=O) groups excluding carboxylic acids is 1. The molecule has 0 aliphatic rings. The van der Waals surface area contributed by atoms with E-state index in [4.69, 9.17) is 5.14 Å². The molecule has 144 valence electrons. The summed E-state index contributed by atoms with van der Waals surface area (Å²) in [5.41, 5.74) is 1.15. The van der Waals surface area contributed by atoms with E-state index in [2.05, 4.69) is 15.4 Å². The van der Waals surface area contributed by atoms with Gasteiger partial charge >= 0.3 is 0 Å². The number of pyridine rings is 1. The lowest BCUT2D eigenvalue weighted by Crippen LogP contribution is -2.33. The average molecular weight is 399 g/mol. The van der Waals surface area contributed by atoms with E-state index in [1.807, 2.05) is 0 Å². The van der Waals surface area contributed by atoms with Crippen LogP contribution in [0.25, 0.3) is 11.3 Å². The number of rotatable bonds is 5. The topological polar surface area (TPSA) is 137 Å². The number of primary sulfonamides is 1. The Hall–Kier alpha value is -3.37. The highest BCUT2D eigenvalue weighted by Gasteiger charge is 2.18. The molecule has 0 saturated heterocycles. The summed E-state index contributed by atoms with van der Waals surface area (Å²) in [5, 5.41) is 11.9. The van der Waals surface area contributed by atoms with E-state index in [0.717, 1.165) is 4.68 Å². The van der Waals surface area contributed by atoms with Crippen molar-refractivity contribution in [1.82, 2.24) is 14.8 Å². The van der Waals surface area contributed by atoms with Crippen LogP contribution in [0, 0.1) is 0 Å². The van der Waals surface area contributed by atoms with E-state index in [-0.39, 0.29) is 4.90 Å². The van der Waals surface area contributed by atoms with Crippen LogP contribution >= 0.6 is 0 Å². The molecular formula is C18H17N5O4S. The van der Waals surface area contributed by atoms with Gasteiger partial charge in [0, 0.05) is 29.7 Å². The van der Waals surface area contributed by atoms with Crippen molar-refractivity contribution < 1.29 is 13.2 Å². The standard InChI is InChI=1S/C18H17N5O4S/c1-12(18(25)21-14-4-6-15(7-5-14)28(19,26)27)23-17(24)9-8-16(22-23)13-3-2-10-20-11-13/h2-12H,1H3,(H,21,25)(H2,19,26,27). The van der Waals surface area contributed by atoms with Gasteiger partial charge in [-0.05, 0) is 49.4 Å². The van der Waals surface area contributed by atoms with E-state index in [0.29, 0.717) is 16.9 Å². The molecule has 3 aromatic rings. The van der Waals surface area contributed by atoms with Crippen molar-refractivity contribution >= 4 is 21.6 Å². The van der Waals surface area contributed by atoms with Crippen molar-refractivity contribution in [3.8, 4) is 11.3 Å². The van der Waals surface area contributed by atoms with Gasteiger partial charge in [-0.1, -0.05) is 0 Å². The fraction of sp³-hybridized carbons (Fsp3) is 0.111. The molecule has 0 bridgehead atoms. The smallest absolute Gasteiger partial charge is 0.267 e. The number of sulfonamides is 1. The lowest BCUT2D eigenvalue weighted by atomic mass is 10.2. The van der Waals surface area contributed by atoms with Gasteiger partial charge in [0.25, 0.3) is 5.56 Å². The number of carbonyl (C=O) groups is 1. The predicted octanol–water partition coefficient (Wildman–Crippen LogP) is 1.15. The zero-order chi connectivity index (χ0) is 20.3. The minimum absolute atomic E-state index is 0.0689. The van der Waals surface area contributed by atoms with Crippen molar-refractivity contribution in [2.24, 2.45) is 5.14 Å². The molecule has 0 spiro atoms. The molecule has 3 N–H and O–H groups in total. The average Bonchev–Trinajstić information content (AvgIpc) is 2.68. The molecule has 0 aliphatic carbocycles. The number of hydrogen-bond acceptors (Lipinski definition) is 6. The monoisotopic (exact) mass is 399 g/mol. The minimum Gasteiger partial charge on any atom is -0.324 e. The second-order valence-corrected chi connectivity index (χ2v) is 7.54. The molecule has 28 heavy (non-hydrogen) atoms. The van der Waals surface area contributed by atoms with E-state index < -0.39 is 27.5 Å². The molecule has 2 heterocycles. The number of amides is 1. The SMILES string of the molecule is CC(C(=O)Nc1ccc(S(N)(=O)=O)cc1)n1nc(-c2cccnc2)ccc1=O. The lowest BCUT2D eigenvalue weighted by molar-refractivity contribution is -0.119. The first-order valence-electron chi connectivity index (χ1n) is 8.20. The van der Waals surface area contributed by atoms with Gasteiger partial charge < -0.3 is 5.32 Å². The Bertz CT molecular complexity index is 1160. The largest absolute Gasteiger partial charge is 0.324 e.